The molecule has 0 saturated heterocycles. The molecule has 170 valence electrons. The van der Waals surface area contributed by atoms with Crippen LogP contribution < -0.4 is 10.6 Å². The zero-order valence-corrected chi connectivity index (χ0v) is 19.4. The van der Waals surface area contributed by atoms with Crippen LogP contribution in [-0.4, -0.2) is 37.1 Å². The number of aromatic nitrogens is 4. The van der Waals surface area contributed by atoms with E-state index in [1.165, 1.54) is 5.56 Å². The van der Waals surface area contributed by atoms with E-state index in [4.69, 9.17) is 11.4 Å². The first kappa shape index (κ1) is 21.5. The van der Waals surface area contributed by atoms with Gasteiger partial charge in [0.15, 0.2) is 11.5 Å². The van der Waals surface area contributed by atoms with Crippen molar-refractivity contribution in [2.75, 3.05) is 17.2 Å². The highest BCUT2D eigenvalue weighted by atomic mass is 16.2. The van der Waals surface area contributed by atoms with Gasteiger partial charge in [-0.3, -0.25) is 4.79 Å². The van der Waals surface area contributed by atoms with Crippen LogP contribution in [0.2, 0.25) is 0 Å². The number of carbonyl (C=O) groups is 1. The van der Waals surface area contributed by atoms with Crippen molar-refractivity contribution < 1.29 is 4.79 Å². The lowest BCUT2D eigenvalue weighted by Crippen LogP contribution is -2.35. The minimum atomic E-state index is -0.278. The molecule has 0 atom stereocenters. The summed E-state index contributed by atoms with van der Waals surface area (Å²) in [5, 5.41) is 12.2. The van der Waals surface area contributed by atoms with Gasteiger partial charge in [-0.25, -0.2) is 9.67 Å². The van der Waals surface area contributed by atoms with Crippen molar-refractivity contribution in [3.63, 3.8) is 0 Å². The molecule has 0 radical (unpaired) electrons. The molecule has 0 fully saturated rings. The summed E-state index contributed by atoms with van der Waals surface area (Å²) >= 11 is 0. The molecule has 2 aromatic carbocycles. The van der Waals surface area contributed by atoms with E-state index < -0.39 is 0 Å². The van der Waals surface area contributed by atoms with Crippen LogP contribution in [-0.2, 0) is 24.8 Å². The summed E-state index contributed by atoms with van der Waals surface area (Å²) in [4.78, 5) is 22.8. The van der Waals surface area contributed by atoms with Gasteiger partial charge in [0.05, 0.1) is 5.39 Å². The van der Waals surface area contributed by atoms with Crippen LogP contribution in [0.15, 0.2) is 42.6 Å². The number of hydrogen-bond donors (Lipinski definition) is 2. The van der Waals surface area contributed by atoms with Crippen molar-refractivity contribution >= 4 is 40.1 Å². The molecule has 0 bridgehead atoms. The number of anilines is 4. The zero-order chi connectivity index (χ0) is 23.8. The van der Waals surface area contributed by atoms with Crippen molar-refractivity contribution in [3.05, 3.63) is 64.8 Å². The number of terminal acetylenes is 1. The van der Waals surface area contributed by atoms with Gasteiger partial charge in [-0.2, -0.15) is 10.1 Å². The van der Waals surface area contributed by atoms with Crippen LogP contribution in [0.1, 0.15) is 22.3 Å². The second-order valence-electron chi connectivity index (χ2n) is 8.52. The fraction of sp³-hybridized carbons (Fsp3) is 0.231. The topological polar surface area (TPSA) is 88.0 Å². The summed E-state index contributed by atoms with van der Waals surface area (Å²) < 4.78 is 1.74. The van der Waals surface area contributed by atoms with Crippen LogP contribution in [0, 0.1) is 26.2 Å². The Morgan fingerprint density at radius 2 is 1.91 bits per heavy atom. The Balaban J connectivity index is 1.40. The van der Waals surface area contributed by atoms with Crippen LogP contribution in [0.25, 0.3) is 11.0 Å². The second kappa shape index (κ2) is 8.52. The summed E-state index contributed by atoms with van der Waals surface area (Å²) in [6, 6.07) is 12.3. The Bertz CT molecular complexity index is 1440. The normalized spacial score (nSPS) is 12.8. The van der Waals surface area contributed by atoms with Crippen molar-refractivity contribution in [1.29, 1.82) is 0 Å². The molecular formula is C26H25N7O. The second-order valence-corrected chi connectivity index (χ2v) is 8.52. The summed E-state index contributed by atoms with van der Waals surface area (Å²) in [6.45, 7) is 5.28. The van der Waals surface area contributed by atoms with E-state index in [1.807, 2.05) is 25.2 Å². The zero-order valence-electron chi connectivity index (χ0n) is 19.4. The summed E-state index contributed by atoms with van der Waals surface area (Å²) in [5.74, 6) is 3.11. The third kappa shape index (κ3) is 3.92. The molecule has 1 aliphatic heterocycles. The average Bonchev–Trinajstić information content (AvgIpc) is 3.15. The van der Waals surface area contributed by atoms with Crippen molar-refractivity contribution in [3.8, 4) is 12.3 Å². The third-order valence-electron chi connectivity index (χ3n) is 6.19. The maximum Gasteiger partial charge on any atom is 0.298 e. The van der Waals surface area contributed by atoms with Crippen molar-refractivity contribution in [2.24, 2.45) is 7.05 Å². The lowest BCUT2D eigenvalue weighted by Gasteiger charge is -2.27. The molecule has 2 aromatic heterocycles. The number of carbonyl (C=O) groups excluding carboxylic acids is 1. The van der Waals surface area contributed by atoms with Crippen LogP contribution >= 0.6 is 0 Å². The molecule has 2 N–H and O–H groups in total. The largest absolute Gasteiger partial charge is 0.338 e. The molecule has 0 unspecified atom stereocenters. The monoisotopic (exact) mass is 451 g/mol. The minimum Gasteiger partial charge on any atom is -0.338 e. The Morgan fingerprint density at radius 3 is 2.68 bits per heavy atom. The van der Waals surface area contributed by atoms with Crippen molar-refractivity contribution in [1.82, 2.24) is 24.6 Å². The fourth-order valence-electron chi connectivity index (χ4n) is 4.35. The molecule has 8 nitrogen and oxygen atoms in total. The Labute approximate surface area is 198 Å². The number of nitrogens with zero attached hydrogens (tertiary/aromatic N) is 5. The molecular weight excluding hydrogens is 426 g/mol. The molecule has 0 aliphatic carbocycles. The predicted molar refractivity (Wildman–Crippen MR) is 133 cm³/mol. The van der Waals surface area contributed by atoms with Gasteiger partial charge in [-0.05, 0) is 60.6 Å². The SMILES string of the molecule is C#CC(=O)N1CCc2ccc(Nc3ncc4c(Nc5c(C)cccc5C)nn(C)c4n3)cc2C1. The number of aryl methyl sites for hydroxylation is 3. The number of benzene rings is 2. The van der Waals surface area contributed by atoms with Gasteiger partial charge in [-0.1, -0.05) is 24.3 Å². The van der Waals surface area contributed by atoms with E-state index in [2.05, 4.69) is 58.7 Å². The highest BCUT2D eigenvalue weighted by Gasteiger charge is 2.20. The van der Waals surface area contributed by atoms with E-state index in [1.54, 1.807) is 15.8 Å². The molecule has 0 saturated carbocycles. The number of rotatable bonds is 4. The van der Waals surface area contributed by atoms with Crippen LogP contribution in [0.5, 0.6) is 0 Å². The number of amides is 1. The van der Waals surface area contributed by atoms with Gasteiger partial charge in [0.25, 0.3) is 5.91 Å². The van der Waals surface area contributed by atoms with Gasteiger partial charge < -0.3 is 15.5 Å². The van der Waals surface area contributed by atoms with E-state index in [9.17, 15) is 4.79 Å². The van der Waals surface area contributed by atoms with E-state index in [0.717, 1.165) is 45.5 Å². The summed E-state index contributed by atoms with van der Waals surface area (Å²) in [6.07, 6.45) is 7.86. The predicted octanol–water partition coefficient (Wildman–Crippen LogP) is 3.99. The Kier molecular flexibility index (Phi) is 5.38. The Hall–Kier alpha value is -4.38. The van der Waals surface area contributed by atoms with E-state index in [-0.39, 0.29) is 5.91 Å². The lowest BCUT2D eigenvalue weighted by atomic mass is 9.99. The summed E-state index contributed by atoms with van der Waals surface area (Å²) in [7, 11) is 1.87. The standard InChI is InChI=1S/C26H25N7O/c1-5-22(34)33-12-11-18-9-10-20(13-19(18)15-33)28-26-27-14-21-24(31-32(4)25(21)30-26)29-23-16(2)7-6-8-17(23)3/h1,6-10,13-14H,11-12,15H2,2-4H3,(H,29,31)(H,27,28,30). The average molecular weight is 452 g/mol. The molecule has 3 heterocycles. The Morgan fingerprint density at radius 1 is 1.12 bits per heavy atom. The van der Waals surface area contributed by atoms with Gasteiger partial charge in [0, 0.05) is 37.7 Å². The molecule has 1 aliphatic rings. The molecule has 4 aromatic rings. The van der Waals surface area contributed by atoms with Crippen LogP contribution in [0.3, 0.4) is 0 Å². The van der Waals surface area contributed by atoms with Gasteiger partial charge >= 0.3 is 0 Å². The quantitative estimate of drug-likeness (QED) is 0.456. The fourth-order valence-corrected chi connectivity index (χ4v) is 4.35. The van der Waals surface area contributed by atoms with Gasteiger partial charge in [0.1, 0.15) is 0 Å². The third-order valence-corrected chi connectivity index (χ3v) is 6.19. The number of para-hydroxylation sites is 1. The van der Waals surface area contributed by atoms with E-state index >= 15 is 0 Å². The number of hydrogen-bond acceptors (Lipinski definition) is 6. The first-order valence-corrected chi connectivity index (χ1v) is 11.1. The first-order chi connectivity index (χ1) is 16.4. The van der Waals surface area contributed by atoms with E-state index in [0.29, 0.717) is 24.9 Å². The maximum atomic E-state index is 11.9. The number of nitrogens with one attached hydrogen (secondary N) is 2. The van der Waals surface area contributed by atoms with Crippen molar-refractivity contribution in [2.45, 2.75) is 26.8 Å². The smallest absolute Gasteiger partial charge is 0.298 e. The highest BCUT2D eigenvalue weighted by Crippen LogP contribution is 2.29. The molecule has 34 heavy (non-hydrogen) atoms. The van der Waals surface area contributed by atoms with Gasteiger partial charge in [0.2, 0.25) is 5.95 Å². The molecule has 5 rings (SSSR count). The molecule has 8 heteroatoms. The molecule has 1 amide bonds. The van der Waals surface area contributed by atoms with Gasteiger partial charge in [-0.15, -0.1) is 6.42 Å². The first-order valence-electron chi connectivity index (χ1n) is 11.1. The lowest BCUT2D eigenvalue weighted by molar-refractivity contribution is -0.125. The summed E-state index contributed by atoms with van der Waals surface area (Å²) in [5.41, 5.74) is 7.19. The highest BCUT2D eigenvalue weighted by molar-refractivity contribution is 5.93. The van der Waals surface area contributed by atoms with Crippen LogP contribution in [0.4, 0.5) is 23.1 Å². The minimum absolute atomic E-state index is 0.278. The maximum absolute atomic E-state index is 11.9. The molecule has 0 spiro atoms. The number of fused-ring (bicyclic) bond motifs is 2.